The molecule has 2 rings (SSSR count). The number of amides is 1. The molecule has 2 aromatic rings. The molecule has 0 atom stereocenters. The Bertz CT molecular complexity index is 636. The van der Waals surface area contributed by atoms with Crippen molar-refractivity contribution in [3.05, 3.63) is 60.4 Å². The molecular formula is C12H12N2O5S. The number of hydrogen-bond acceptors (Lipinski definition) is 4. The molecule has 0 saturated heterocycles. The maximum atomic E-state index is 11.7. The third kappa shape index (κ3) is 7.21. The Morgan fingerprint density at radius 1 is 1.05 bits per heavy atom. The van der Waals surface area contributed by atoms with Crippen molar-refractivity contribution in [3.8, 4) is 0 Å². The molecule has 7 nitrogen and oxygen atoms in total. The summed E-state index contributed by atoms with van der Waals surface area (Å²) in [5, 5.41) is 2.78. The molecule has 0 saturated carbocycles. The summed E-state index contributed by atoms with van der Waals surface area (Å²) < 4.78 is 31.6. The topological polar surface area (TPSA) is 117 Å². The standard InChI is InChI=1S/C12H10N2O.H2O4S/c15-12(10-5-4-8-13-9-10)14-11-6-2-1-3-7-11;1-5(2,3)4/h1-9H,(H,14,15);(H2,1,2,3,4). The fourth-order valence-corrected chi connectivity index (χ4v) is 1.22. The summed E-state index contributed by atoms with van der Waals surface area (Å²) in [6.45, 7) is 0. The average Bonchev–Trinajstić information content (AvgIpc) is 2.39. The SMILES string of the molecule is O=C(Nc1ccccc1)c1cccnc1.O=S(=O)(O)O. The number of benzene rings is 1. The van der Waals surface area contributed by atoms with E-state index in [4.69, 9.17) is 17.5 Å². The lowest BCUT2D eigenvalue weighted by Gasteiger charge is -2.03. The van der Waals surface area contributed by atoms with Gasteiger partial charge in [-0.25, -0.2) is 0 Å². The Labute approximate surface area is 115 Å². The predicted molar refractivity (Wildman–Crippen MR) is 72.8 cm³/mol. The van der Waals surface area contributed by atoms with Crippen LogP contribution in [0.3, 0.4) is 0 Å². The van der Waals surface area contributed by atoms with Gasteiger partial charge in [0.15, 0.2) is 0 Å². The number of carbonyl (C=O) groups excluding carboxylic acids is 1. The summed E-state index contributed by atoms with van der Waals surface area (Å²) in [5.41, 5.74) is 1.34. The zero-order valence-electron chi connectivity index (χ0n) is 10.2. The molecule has 8 heteroatoms. The lowest BCUT2D eigenvalue weighted by Crippen LogP contribution is -2.11. The van der Waals surface area contributed by atoms with Crippen molar-refractivity contribution in [1.82, 2.24) is 4.98 Å². The quantitative estimate of drug-likeness (QED) is 0.726. The van der Waals surface area contributed by atoms with E-state index in [1.54, 1.807) is 18.3 Å². The number of aromatic nitrogens is 1. The van der Waals surface area contributed by atoms with Crippen LogP contribution in [0.2, 0.25) is 0 Å². The van der Waals surface area contributed by atoms with Gasteiger partial charge in [-0.2, -0.15) is 8.42 Å². The molecule has 0 unspecified atom stereocenters. The molecule has 0 spiro atoms. The normalized spacial score (nSPS) is 10.1. The molecular weight excluding hydrogens is 284 g/mol. The van der Waals surface area contributed by atoms with Gasteiger partial charge in [-0.15, -0.1) is 0 Å². The number of carbonyl (C=O) groups is 1. The van der Waals surface area contributed by atoms with Crippen molar-refractivity contribution in [1.29, 1.82) is 0 Å². The van der Waals surface area contributed by atoms with Crippen LogP contribution < -0.4 is 5.32 Å². The highest BCUT2D eigenvalue weighted by molar-refractivity contribution is 7.79. The van der Waals surface area contributed by atoms with Gasteiger partial charge in [0.25, 0.3) is 5.91 Å². The van der Waals surface area contributed by atoms with Gasteiger partial charge in [-0.05, 0) is 24.3 Å². The molecule has 0 bridgehead atoms. The smallest absolute Gasteiger partial charge is 0.322 e. The second-order valence-corrected chi connectivity index (χ2v) is 4.41. The Morgan fingerprint density at radius 3 is 2.15 bits per heavy atom. The van der Waals surface area contributed by atoms with E-state index < -0.39 is 10.4 Å². The summed E-state index contributed by atoms with van der Waals surface area (Å²) in [7, 11) is -4.67. The van der Waals surface area contributed by atoms with Crippen LogP contribution in [-0.2, 0) is 10.4 Å². The molecule has 1 aromatic heterocycles. The molecule has 0 radical (unpaired) electrons. The summed E-state index contributed by atoms with van der Waals surface area (Å²) >= 11 is 0. The van der Waals surface area contributed by atoms with Gasteiger partial charge in [0.05, 0.1) is 5.56 Å². The van der Waals surface area contributed by atoms with Crippen LogP contribution in [0.25, 0.3) is 0 Å². The maximum Gasteiger partial charge on any atom is 0.394 e. The third-order valence-corrected chi connectivity index (χ3v) is 1.96. The molecule has 1 heterocycles. The summed E-state index contributed by atoms with van der Waals surface area (Å²) in [4.78, 5) is 15.5. The van der Waals surface area contributed by atoms with Gasteiger partial charge in [0, 0.05) is 18.1 Å². The van der Waals surface area contributed by atoms with Crippen LogP contribution in [0.5, 0.6) is 0 Å². The van der Waals surface area contributed by atoms with E-state index in [0.29, 0.717) is 5.56 Å². The molecule has 1 aromatic carbocycles. The minimum absolute atomic E-state index is 0.144. The number of hydrogen-bond donors (Lipinski definition) is 3. The fourth-order valence-electron chi connectivity index (χ4n) is 1.22. The van der Waals surface area contributed by atoms with Crippen molar-refractivity contribution >= 4 is 22.0 Å². The lowest BCUT2D eigenvalue weighted by atomic mass is 10.2. The molecule has 0 aliphatic carbocycles. The highest BCUT2D eigenvalue weighted by Crippen LogP contribution is 2.07. The molecule has 3 N–H and O–H groups in total. The first-order valence-corrected chi connectivity index (χ1v) is 6.72. The monoisotopic (exact) mass is 296 g/mol. The highest BCUT2D eigenvalue weighted by Gasteiger charge is 2.04. The van der Waals surface area contributed by atoms with Crippen molar-refractivity contribution in [3.63, 3.8) is 0 Å². The summed E-state index contributed by atoms with van der Waals surface area (Å²) in [5.74, 6) is -0.144. The van der Waals surface area contributed by atoms with Crippen LogP contribution in [0.15, 0.2) is 54.9 Å². The van der Waals surface area contributed by atoms with Gasteiger partial charge in [-0.3, -0.25) is 18.9 Å². The fraction of sp³-hybridized carbons (Fsp3) is 0. The van der Waals surface area contributed by atoms with Crippen molar-refractivity contribution in [2.75, 3.05) is 5.32 Å². The van der Waals surface area contributed by atoms with E-state index >= 15 is 0 Å². The highest BCUT2D eigenvalue weighted by atomic mass is 32.3. The number of nitrogens with one attached hydrogen (secondary N) is 1. The maximum absolute atomic E-state index is 11.7. The second-order valence-electron chi connectivity index (χ2n) is 3.51. The number of para-hydroxylation sites is 1. The molecule has 20 heavy (non-hydrogen) atoms. The predicted octanol–water partition coefficient (Wildman–Crippen LogP) is 1.68. The van der Waals surface area contributed by atoms with Crippen LogP contribution in [0, 0.1) is 0 Å². The summed E-state index contributed by atoms with van der Waals surface area (Å²) in [6.07, 6.45) is 3.18. The molecule has 0 aliphatic rings. The van der Waals surface area contributed by atoms with E-state index in [-0.39, 0.29) is 5.91 Å². The Kier molecular flexibility index (Phi) is 5.78. The molecule has 0 aliphatic heterocycles. The first-order valence-electron chi connectivity index (χ1n) is 5.32. The largest absolute Gasteiger partial charge is 0.394 e. The van der Waals surface area contributed by atoms with Gasteiger partial charge >= 0.3 is 10.4 Å². The van der Waals surface area contributed by atoms with Crippen LogP contribution in [0.1, 0.15) is 10.4 Å². The Morgan fingerprint density at radius 2 is 1.65 bits per heavy atom. The van der Waals surface area contributed by atoms with Crippen LogP contribution in [-0.4, -0.2) is 28.4 Å². The number of rotatable bonds is 2. The lowest BCUT2D eigenvalue weighted by molar-refractivity contribution is 0.102. The van der Waals surface area contributed by atoms with E-state index in [1.807, 2.05) is 30.3 Å². The van der Waals surface area contributed by atoms with Crippen LogP contribution >= 0.6 is 0 Å². The number of anilines is 1. The van der Waals surface area contributed by atoms with Gasteiger partial charge in [-0.1, -0.05) is 18.2 Å². The van der Waals surface area contributed by atoms with Gasteiger partial charge < -0.3 is 5.32 Å². The first kappa shape index (κ1) is 15.8. The van der Waals surface area contributed by atoms with Crippen molar-refractivity contribution in [2.24, 2.45) is 0 Å². The van der Waals surface area contributed by atoms with E-state index in [1.165, 1.54) is 6.20 Å². The molecule has 0 fully saturated rings. The number of nitrogens with zero attached hydrogens (tertiary/aromatic N) is 1. The summed E-state index contributed by atoms with van der Waals surface area (Å²) in [6, 6.07) is 12.8. The minimum atomic E-state index is -4.67. The van der Waals surface area contributed by atoms with Crippen molar-refractivity contribution < 1.29 is 22.3 Å². The first-order chi connectivity index (χ1) is 9.36. The zero-order chi connectivity index (χ0) is 15.0. The van der Waals surface area contributed by atoms with Gasteiger partial charge in [0.1, 0.15) is 0 Å². The van der Waals surface area contributed by atoms with Gasteiger partial charge in [0.2, 0.25) is 0 Å². The van der Waals surface area contributed by atoms with E-state index in [0.717, 1.165) is 5.69 Å². The van der Waals surface area contributed by atoms with E-state index in [2.05, 4.69) is 10.3 Å². The Hall–Kier alpha value is -2.29. The zero-order valence-corrected chi connectivity index (χ0v) is 11.0. The average molecular weight is 296 g/mol. The second kappa shape index (κ2) is 7.34. The Balaban J connectivity index is 0.000000347. The van der Waals surface area contributed by atoms with Crippen LogP contribution in [0.4, 0.5) is 5.69 Å². The van der Waals surface area contributed by atoms with Crippen molar-refractivity contribution in [2.45, 2.75) is 0 Å². The molecule has 106 valence electrons. The van der Waals surface area contributed by atoms with E-state index in [9.17, 15) is 4.79 Å². The number of pyridine rings is 1. The minimum Gasteiger partial charge on any atom is -0.322 e. The molecule has 1 amide bonds. The third-order valence-electron chi connectivity index (χ3n) is 1.96.